The van der Waals surface area contributed by atoms with Gasteiger partial charge in [-0.05, 0) is 25.5 Å². The zero-order valence-corrected chi connectivity index (χ0v) is 9.77. The van der Waals surface area contributed by atoms with Crippen molar-refractivity contribution in [1.82, 2.24) is 4.98 Å². The van der Waals surface area contributed by atoms with Crippen molar-refractivity contribution in [2.24, 2.45) is 0 Å². The molecule has 0 aliphatic carbocycles. The van der Waals surface area contributed by atoms with Crippen molar-refractivity contribution in [3.63, 3.8) is 0 Å². The van der Waals surface area contributed by atoms with Crippen molar-refractivity contribution < 1.29 is 9.18 Å². The zero-order chi connectivity index (χ0) is 11.7. The van der Waals surface area contributed by atoms with Gasteiger partial charge < -0.3 is 0 Å². The first-order valence-electron chi connectivity index (χ1n) is 4.81. The Morgan fingerprint density at radius 3 is 2.69 bits per heavy atom. The van der Waals surface area contributed by atoms with E-state index in [-0.39, 0.29) is 11.6 Å². The maximum atomic E-state index is 13.3. The quantitative estimate of drug-likeness (QED) is 0.748. The van der Waals surface area contributed by atoms with E-state index in [1.807, 2.05) is 6.92 Å². The molecule has 0 unspecified atom stereocenters. The summed E-state index contributed by atoms with van der Waals surface area (Å²) in [4.78, 5) is 16.0. The summed E-state index contributed by atoms with van der Waals surface area (Å²) in [5, 5.41) is 2.52. The highest BCUT2D eigenvalue weighted by molar-refractivity contribution is 7.09. The molecule has 0 saturated carbocycles. The summed E-state index contributed by atoms with van der Waals surface area (Å²) >= 11 is 1.41. The molecule has 1 aromatic heterocycles. The van der Waals surface area contributed by atoms with Gasteiger partial charge in [-0.15, -0.1) is 11.3 Å². The molecule has 0 radical (unpaired) electrons. The number of rotatable bonds is 2. The number of halogens is 1. The van der Waals surface area contributed by atoms with E-state index in [9.17, 15) is 9.18 Å². The minimum Gasteiger partial charge on any atom is -0.287 e. The van der Waals surface area contributed by atoms with Gasteiger partial charge in [0.25, 0.3) is 0 Å². The van der Waals surface area contributed by atoms with E-state index in [0.717, 1.165) is 5.01 Å². The Kier molecular flexibility index (Phi) is 2.83. The van der Waals surface area contributed by atoms with Gasteiger partial charge in [-0.3, -0.25) is 4.79 Å². The molecule has 1 heterocycles. The Labute approximate surface area is 96.8 Å². The van der Waals surface area contributed by atoms with Crippen LogP contribution in [0.15, 0.2) is 23.6 Å². The standard InChI is InChI=1S/C12H10FNOS/c1-7-3-4-9(5-10(7)13)12(15)11-6-16-8(2)14-11/h3-6H,1-2H3. The second-order valence-electron chi connectivity index (χ2n) is 3.54. The third kappa shape index (κ3) is 2.02. The number of hydrogen-bond acceptors (Lipinski definition) is 3. The Bertz CT molecular complexity index is 548. The van der Waals surface area contributed by atoms with Gasteiger partial charge in [0.1, 0.15) is 11.5 Å². The van der Waals surface area contributed by atoms with Crippen molar-refractivity contribution >= 4 is 17.1 Å². The SMILES string of the molecule is Cc1nc(C(=O)c2ccc(C)c(F)c2)cs1. The highest BCUT2D eigenvalue weighted by Crippen LogP contribution is 2.15. The van der Waals surface area contributed by atoms with Crippen LogP contribution in [0.5, 0.6) is 0 Å². The molecule has 2 nitrogen and oxygen atoms in total. The van der Waals surface area contributed by atoms with Crippen molar-refractivity contribution in [3.05, 3.63) is 51.2 Å². The van der Waals surface area contributed by atoms with Crippen LogP contribution in [0.4, 0.5) is 4.39 Å². The zero-order valence-electron chi connectivity index (χ0n) is 8.95. The molecule has 0 amide bonds. The molecule has 0 atom stereocenters. The molecule has 4 heteroatoms. The van der Waals surface area contributed by atoms with Crippen molar-refractivity contribution in [2.45, 2.75) is 13.8 Å². The van der Waals surface area contributed by atoms with Crippen LogP contribution in [0.25, 0.3) is 0 Å². The van der Waals surface area contributed by atoms with E-state index < -0.39 is 0 Å². The van der Waals surface area contributed by atoms with Gasteiger partial charge in [0.15, 0.2) is 0 Å². The first kappa shape index (κ1) is 11.0. The number of carbonyl (C=O) groups is 1. The summed E-state index contributed by atoms with van der Waals surface area (Å²) in [5.74, 6) is -0.596. The summed E-state index contributed by atoms with van der Waals surface area (Å²) in [5.41, 5.74) is 1.25. The van der Waals surface area contributed by atoms with Gasteiger partial charge in [0.2, 0.25) is 5.78 Å². The number of aromatic nitrogens is 1. The number of aryl methyl sites for hydroxylation is 2. The smallest absolute Gasteiger partial charge is 0.212 e. The summed E-state index contributed by atoms with van der Waals surface area (Å²) in [7, 11) is 0. The van der Waals surface area contributed by atoms with E-state index in [1.165, 1.54) is 17.4 Å². The lowest BCUT2D eigenvalue weighted by molar-refractivity contribution is 0.103. The molecule has 0 fully saturated rings. The third-order valence-electron chi connectivity index (χ3n) is 2.29. The van der Waals surface area contributed by atoms with Crippen molar-refractivity contribution in [2.75, 3.05) is 0 Å². The molecule has 0 saturated heterocycles. The fourth-order valence-electron chi connectivity index (χ4n) is 1.35. The Balaban J connectivity index is 2.38. The van der Waals surface area contributed by atoms with Gasteiger partial charge >= 0.3 is 0 Å². The van der Waals surface area contributed by atoms with Crippen LogP contribution in [0, 0.1) is 19.7 Å². The summed E-state index contributed by atoms with van der Waals surface area (Å²) < 4.78 is 13.3. The third-order valence-corrected chi connectivity index (χ3v) is 3.06. The largest absolute Gasteiger partial charge is 0.287 e. The number of carbonyl (C=O) groups excluding carboxylic acids is 1. The Morgan fingerprint density at radius 1 is 1.38 bits per heavy atom. The average molecular weight is 235 g/mol. The number of nitrogens with zero attached hydrogens (tertiary/aromatic N) is 1. The maximum Gasteiger partial charge on any atom is 0.212 e. The molecule has 0 spiro atoms. The minimum atomic E-state index is -0.363. The lowest BCUT2D eigenvalue weighted by atomic mass is 10.1. The Hall–Kier alpha value is -1.55. The molecule has 0 N–H and O–H groups in total. The predicted octanol–water partition coefficient (Wildman–Crippen LogP) is 3.13. The number of thiazole rings is 1. The lowest BCUT2D eigenvalue weighted by Gasteiger charge is -2.00. The minimum absolute atomic E-state index is 0.233. The van der Waals surface area contributed by atoms with E-state index in [1.54, 1.807) is 24.4 Å². The number of hydrogen-bond donors (Lipinski definition) is 0. The first-order valence-corrected chi connectivity index (χ1v) is 5.69. The number of benzene rings is 1. The molecule has 16 heavy (non-hydrogen) atoms. The van der Waals surface area contributed by atoms with Crippen LogP contribution in [0.1, 0.15) is 26.6 Å². The van der Waals surface area contributed by atoms with Crippen LogP contribution in [-0.4, -0.2) is 10.8 Å². The normalized spacial score (nSPS) is 10.4. The summed E-state index contributed by atoms with van der Waals surface area (Å²) in [6.07, 6.45) is 0. The topological polar surface area (TPSA) is 30.0 Å². The highest BCUT2D eigenvalue weighted by atomic mass is 32.1. The second kappa shape index (κ2) is 4.14. The summed E-state index contributed by atoms with van der Waals surface area (Å²) in [6, 6.07) is 4.48. The van der Waals surface area contributed by atoms with Gasteiger partial charge in [-0.25, -0.2) is 9.37 Å². The number of ketones is 1. The molecular formula is C12H10FNOS. The molecule has 1 aromatic carbocycles. The van der Waals surface area contributed by atoms with Crippen LogP contribution in [0.2, 0.25) is 0 Å². The maximum absolute atomic E-state index is 13.3. The molecular weight excluding hydrogens is 225 g/mol. The fourth-order valence-corrected chi connectivity index (χ4v) is 1.94. The lowest BCUT2D eigenvalue weighted by Crippen LogP contribution is -2.02. The van der Waals surface area contributed by atoms with Crippen LogP contribution in [-0.2, 0) is 0 Å². The van der Waals surface area contributed by atoms with Crippen molar-refractivity contribution in [3.8, 4) is 0 Å². The fraction of sp³-hybridized carbons (Fsp3) is 0.167. The van der Waals surface area contributed by atoms with Gasteiger partial charge in [-0.2, -0.15) is 0 Å². The Morgan fingerprint density at radius 2 is 2.12 bits per heavy atom. The van der Waals surface area contributed by atoms with Crippen molar-refractivity contribution in [1.29, 1.82) is 0 Å². The van der Waals surface area contributed by atoms with Crippen LogP contribution >= 0.6 is 11.3 Å². The average Bonchev–Trinajstić information content (AvgIpc) is 2.68. The monoisotopic (exact) mass is 235 g/mol. The molecule has 2 rings (SSSR count). The molecule has 0 bridgehead atoms. The molecule has 0 aliphatic heterocycles. The molecule has 82 valence electrons. The first-order chi connectivity index (χ1) is 7.58. The highest BCUT2D eigenvalue weighted by Gasteiger charge is 2.13. The van der Waals surface area contributed by atoms with Crippen LogP contribution in [0.3, 0.4) is 0 Å². The van der Waals surface area contributed by atoms with E-state index in [2.05, 4.69) is 4.98 Å². The second-order valence-corrected chi connectivity index (χ2v) is 4.61. The summed E-state index contributed by atoms with van der Waals surface area (Å²) in [6.45, 7) is 3.49. The van der Waals surface area contributed by atoms with E-state index in [4.69, 9.17) is 0 Å². The van der Waals surface area contributed by atoms with E-state index in [0.29, 0.717) is 16.8 Å². The van der Waals surface area contributed by atoms with Crippen LogP contribution < -0.4 is 0 Å². The van der Waals surface area contributed by atoms with Gasteiger partial charge in [0.05, 0.1) is 5.01 Å². The van der Waals surface area contributed by atoms with Gasteiger partial charge in [-0.1, -0.05) is 12.1 Å². The molecule has 0 aliphatic rings. The van der Waals surface area contributed by atoms with Gasteiger partial charge in [0, 0.05) is 10.9 Å². The van der Waals surface area contributed by atoms with E-state index >= 15 is 0 Å². The predicted molar refractivity (Wildman–Crippen MR) is 61.4 cm³/mol. The molecule has 2 aromatic rings.